The first-order chi connectivity index (χ1) is 6.79. The van der Waals surface area contributed by atoms with Gasteiger partial charge in [-0.15, -0.1) is 0 Å². The van der Waals surface area contributed by atoms with E-state index in [0.29, 0.717) is 6.10 Å². The van der Waals surface area contributed by atoms with E-state index in [0.717, 1.165) is 11.8 Å². The van der Waals surface area contributed by atoms with Crippen LogP contribution in [0, 0.1) is 11.8 Å². The fourth-order valence-electron chi connectivity index (χ4n) is 3.16. The maximum absolute atomic E-state index is 5.63. The highest BCUT2D eigenvalue weighted by Gasteiger charge is 2.29. The molecule has 1 aliphatic heterocycles. The molecular weight excluding hydrogens is 174 g/mol. The number of ether oxygens (including phenoxy) is 1. The number of hydrogen-bond donors (Lipinski definition) is 0. The summed E-state index contributed by atoms with van der Waals surface area (Å²) in [4.78, 5) is 2.51. The van der Waals surface area contributed by atoms with Crippen molar-refractivity contribution in [2.75, 3.05) is 27.2 Å². The predicted octanol–water partition coefficient (Wildman–Crippen LogP) is 2.14. The highest BCUT2D eigenvalue weighted by Crippen LogP contribution is 2.33. The minimum absolute atomic E-state index is 0.548. The van der Waals surface area contributed by atoms with Crippen LogP contribution in [0.3, 0.4) is 0 Å². The zero-order chi connectivity index (χ0) is 9.97. The fourth-order valence-corrected chi connectivity index (χ4v) is 3.16. The Bertz CT molecular complexity index is 183. The normalized spacial score (nSPS) is 40.3. The highest BCUT2D eigenvalue weighted by atomic mass is 16.5. The van der Waals surface area contributed by atoms with Crippen molar-refractivity contribution >= 4 is 0 Å². The predicted molar refractivity (Wildman–Crippen MR) is 58.4 cm³/mol. The molecule has 0 amide bonds. The van der Waals surface area contributed by atoms with Gasteiger partial charge in [-0.25, -0.2) is 0 Å². The lowest BCUT2D eigenvalue weighted by Gasteiger charge is -2.28. The molecule has 1 heterocycles. The lowest BCUT2D eigenvalue weighted by atomic mass is 9.91. The van der Waals surface area contributed by atoms with E-state index < -0.39 is 0 Å². The molecule has 82 valence electrons. The highest BCUT2D eigenvalue weighted by molar-refractivity contribution is 4.82. The molecule has 0 aromatic carbocycles. The maximum Gasteiger partial charge on any atom is 0.0600 e. The molecule has 1 saturated heterocycles. The first-order valence-electron chi connectivity index (χ1n) is 6.01. The lowest BCUT2D eigenvalue weighted by Crippen LogP contribution is -2.31. The van der Waals surface area contributed by atoms with Crippen LogP contribution in [0.25, 0.3) is 0 Å². The topological polar surface area (TPSA) is 12.5 Å². The smallest absolute Gasteiger partial charge is 0.0600 e. The van der Waals surface area contributed by atoms with Gasteiger partial charge < -0.3 is 9.64 Å². The Balaban J connectivity index is 2.05. The molecule has 0 aromatic rings. The number of likely N-dealkylation sites (tertiary alicyclic amines) is 1. The number of nitrogens with zero attached hydrogens (tertiary/aromatic N) is 1. The Kier molecular flexibility index (Phi) is 3.45. The number of hydrogen-bond acceptors (Lipinski definition) is 2. The molecule has 2 aliphatic rings. The van der Waals surface area contributed by atoms with Crippen LogP contribution >= 0.6 is 0 Å². The Morgan fingerprint density at radius 3 is 2.64 bits per heavy atom. The van der Waals surface area contributed by atoms with Crippen LogP contribution in [0.5, 0.6) is 0 Å². The van der Waals surface area contributed by atoms with E-state index in [2.05, 4.69) is 11.9 Å². The van der Waals surface area contributed by atoms with Gasteiger partial charge in [0, 0.05) is 13.7 Å². The van der Waals surface area contributed by atoms with Gasteiger partial charge in [0.1, 0.15) is 0 Å². The molecule has 3 unspecified atom stereocenters. The van der Waals surface area contributed by atoms with Crippen molar-refractivity contribution in [2.24, 2.45) is 11.8 Å². The summed E-state index contributed by atoms with van der Waals surface area (Å²) in [5, 5.41) is 0. The SMILES string of the molecule is COC1CCC2CCC1CCN(C)C2. The van der Waals surface area contributed by atoms with Crippen LogP contribution in [0.15, 0.2) is 0 Å². The Hall–Kier alpha value is -0.0800. The van der Waals surface area contributed by atoms with Gasteiger partial charge in [0.25, 0.3) is 0 Å². The second-order valence-electron chi connectivity index (χ2n) is 5.11. The van der Waals surface area contributed by atoms with Crippen LogP contribution < -0.4 is 0 Å². The summed E-state index contributed by atoms with van der Waals surface area (Å²) < 4.78 is 5.63. The van der Waals surface area contributed by atoms with Gasteiger partial charge in [-0.05, 0) is 57.5 Å². The zero-order valence-corrected chi connectivity index (χ0v) is 9.54. The largest absolute Gasteiger partial charge is 0.381 e. The van der Waals surface area contributed by atoms with Crippen molar-refractivity contribution in [1.82, 2.24) is 4.90 Å². The van der Waals surface area contributed by atoms with E-state index >= 15 is 0 Å². The van der Waals surface area contributed by atoms with E-state index in [1.807, 2.05) is 7.11 Å². The molecule has 2 nitrogen and oxygen atoms in total. The van der Waals surface area contributed by atoms with Gasteiger partial charge in [0.2, 0.25) is 0 Å². The molecule has 2 rings (SSSR count). The second kappa shape index (κ2) is 4.63. The molecule has 1 aliphatic carbocycles. The molecule has 2 fully saturated rings. The van der Waals surface area contributed by atoms with E-state index in [-0.39, 0.29) is 0 Å². The Labute approximate surface area is 87.6 Å². The number of fused-ring (bicyclic) bond motifs is 3. The average molecular weight is 197 g/mol. The third kappa shape index (κ3) is 2.29. The summed E-state index contributed by atoms with van der Waals surface area (Å²) in [6, 6.07) is 0. The molecule has 14 heavy (non-hydrogen) atoms. The maximum atomic E-state index is 5.63. The molecule has 1 saturated carbocycles. The van der Waals surface area contributed by atoms with Crippen molar-refractivity contribution in [3.8, 4) is 0 Å². The van der Waals surface area contributed by atoms with Crippen LogP contribution in [0.2, 0.25) is 0 Å². The van der Waals surface area contributed by atoms with Crippen molar-refractivity contribution in [3.05, 3.63) is 0 Å². The van der Waals surface area contributed by atoms with Crippen molar-refractivity contribution in [2.45, 2.75) is 38.2 Å². The quantitative estimate of drug-likeness (QED) is 0.638. The molecule has 0 spiro atoms. The zero-order valence-electron chi connectivity index (χ0n) is 9.54. The molecule has 2 heteroatoms. The first-order valence-corrected chi connectivity index (χ1v) is 6.01. The summed E-state index contributed by atoms with van der Waals surface area (Å²) in [6.45, 7) is 2.57. The first kappa shape index (κ1) is 10.4. The molecule has 0 aromatic heterocycles. The van der Waals surface area contributed by atoms with Crippen LogP contribution in [-0.2, 0) is 4.74 Å². The van der Waals surface area contributed by atoms with Gasteiger partial charge in [0.05, 0.1) is 6.10 Å². The van der Waals surface area contributed by atoms with Gasteiger partial charge >= 0.3 is 0 Å². The Morgan fingerprint density at radius 1 is 1.07 bits per heavy atom. The third-order valence-corrected chi connectivity index (χ3v) is 4.09. The third-order valence-electron chi connectivity index (χ3n) is 4.09. The minimum atomic E-state index is 0.548. The van der Waals surface area contributed by atoms with E-state index in [1.54, 1.807) is 0 Å². The molecule has 3 atom stereocenters. The standard InChI is InChI=1S/C12H23NO/c1-13-8-7-11-5-3-10(9-13)4-6-12(11)14-2/h10-12H,3-9H2,1-2H3. The van der Waals surface area contributed by atoms with Gasteiger partial charge in [-0.2, -0.15) is 0 Å². The van der Waals surface area contributed by atoms with Crippen LogP contribution in [-0.4, -0.2) is 38.3 Å². The van der Waals surface area contributed by atoms with Crippen molar-refractivity contribution in [1.29, 1.82) is 0 Å². The summed E-state index contributed by atoms with van der Waals surface area (Å²) in [7, 11) is 4.15. The lowest BCUT2D eigenvalue weighted by molar-refractivity contribution is 0.0412. The summed E-state index contributed by atoms with van der Waals surface area (Å²) >= 11 is 0. The van der Waals surface area contributed by atoms with Gasteiger partial charge in [-0.3, -0.25) is 0 Å². The van der Waals surface area contributed by atoms with Crippen molar-refractivity contribution in [3.63, 3.8) is 0 Å². The van der Waals surface area contributed by atoms with Crippen LogP contribution in [0.1, 0.15) is 32.1 Å². The number of rotatable bonds is 1. The summed E-state index contributed by atoms with van der Waals surface area (Å²) in [5.41, 5.74) is 0. The minimum Gasteiger partial charge on any atom is -0.381 e. The number of methoxy groups -OCH3 is 1. The van der Waals surface area contributed by atoms with Crippen molar-refractivity contribution < 1.29 is 4.74 Å². The molecule has 2 bridgehead atoms. The molecule has 0 radical (unpaired) electrons. The van der Waals surface area contributed by atoms with E-state index in [9.17, 15) is 0 Å². The van der Waals surface area contributed by atoms with E-state index in [1.165, 1.54) is 45.2 Å². The van der Waals surface area contributed by atoms with Gasteiger partial charge in [0.15, 0.2) is 0 Å². The average Bonchev–Trinajstić information content (AvgIpc) is 2.31. The summed E-state index contributed by atoms with van der Waals surface area (Å²) in [6.07, 6.45) is 7.37. The fraction of sp³-hybridized carbons (Fsp3) is 1.00. The molecular formula is C12H23NO. The Morgan fingerprint density at radius 2 is 1.86 bits per heavy atom. The summed E-state index contributed by atoms with van der Waals surface area (Å²) in [5.74, 6) is 1.76. The monoisotopic (exact) mass is 197 g/mol. The second-order valence-corrected chi connectivity index (χ2v) is 5.11. The molecule has 0 N–H and O–H groups in total. The van der Waals surface area contributed by atoms with E-state index in [4.69, 9.17) is 4.74 Å². The van der Waals surface area contributed by atoms with Crippen LogP contribution in [0.4, 0.5) is 0 Å². The van der Waals surface area contributed by atoms with Gasteiger partial charge in [-0.1, -0.05) is 0 Å².